The van der Waals surface area contributed by atoms with Gasteiger partial charge in [-0.3, -0.25) is 24.3 Å². The lowest BCUT2D eigenvalue weighted by Crippen LogP contribution is -2.73. The van der Waals surface area contributed by atoms with Crippen molar-refractivity contribution in [1.82, 2.24) is 20.8 Å². The van der Waals surface area contributed by atoms with Crippen molar-refractivity contribution in [2.75, 3.05) is 13.1 Å². The number of aromatic amines is 1. The van der Waals surface area contributed by atoms with Crippen molar-refractivity contribution in [3.63, 3.8) is 0 Å². The number of carbonyl (C=O) groups is 4. The fourth-order valence-electron chi connectivity index (χ4n) is 10.1. The number of H-pyrrole nitrogens is 1. The highest BCUT2D eigenvalue weighted by Crippen LogP contribution is 2.74. The largest absolute Gasteiger partial charge is 0.381 e. The summed E-state index contributed by atoms with van der Waals surface area (Å²) in [6.45, 7) is 10.9. The summed E-state index contributed by atoms with van der Waals surface area (Å²) < 4.78 is 0. The lowest BCUT2D eigenvalue weighted by molar-refractivity contribution is -0.242. The average molecular weight is 616 g/mol. The second-order valence-electron chi connectivity index (χ2n) is 15.8. The first-order valence-corrected chi connectivity index (χ1v) is 16.2. The molecule has 4 N–H and O–H groups in total. The Morgan fingerprint density at radius 1 is 1.09 bits per heavy atom. The lowest BCUT2D eigenvalue weighted by Gasteiger charge is -2.71. The summed E-state index contributed by atoms with van der Waals surface area (Å²) in [4.78, 5) is 52.1. The Hall–Kier alpha value is -3.58. The van der Waals surface area contributed by atoms with Crippen LogP contribution < -0.4 is 10.6 Å². The Labute approximate surface area is 264 Å². The summed E-state index contributed by atoms with van der Waals surface area (Å²) in [6.07, 6.45) is 12.0. The summed E-state index contributed by atoms with van der Waals surface area (Å²) in [6, 6.07) is 2.09. The van der Waals surface area contributed by atoms with Crippen molar-refractivity contribution in [2.45, 2.75) is 91.6 Å². The van der Waals surface area contributed by atoms with Gasteiger partial charge in [-0.05, 0) is 78.8 Å². The number of fused-ring (bicyclic) bond motifs is 7. The van der Waals surface area contributed by atoms with Crippen molar-refractivity contribution in [3.8, 4) is 6.07 Å². The van der Waals surface area contributed by atoms with Gasteiger partial charge in [0.15, 0.2) is 11.6 Å². The van der Waals surface area contributed by atoms with Gasteiger partial charge >= 0.3 is 0 Å². The van der Waals surface area contributed by atoms with Gasteiger partial charge in [-0.2, -0.15) is 10.4 Å². The molecule has 240 valence electrons. The van der Waals surface area contributed by atoms with Crippen molar-refractivity contribution in [2.24, 2.45) is 38.9 Å². The fraction of sp³-hybridized carbons (Fsp3) is 0.657. The Bertz CT molecular complexity index is 1570. The summed E-state index contributed by atoms with van der Waals surface area (Å²) in [5, 5.41) is 34.6. The van der Waals surface area contributed by atoms with E-state index in [1.54, 1.807) is 12.2 Å². The summed E-state index contributed by atoms with van der Waals surface area (Å²) in [5.74, 6) is -1.38. The van der Waals surface area contributed by atoms with Crippen molar-refractivity contribution in [1.29, 1.82) is 5.26 Å². The number of aliphatic hydroxyl groups is 1. The number of allylic oxidation sites excluding steroid dienone is 3. The first-order chi connectivity index (χ1) is 21.1. The minimum Gasteiger partial charge on any atom is -0.381 e. The van der Waals surface area contributed by atoms with E-state index in [1.807, 2.05) is 0 Å². The Morgan fingerprint density at radius 3 is 2.51 bits per heavy atom. The molecule has 5 aliphatic carbocycles. The zero-order chi connectivity index (χ0) is 32.6. The minimum absolute atomic E-state index is 0.0175. The average Bonchev–Trinajstić information content (AvgIpc) is 3.55. The zero-order valence-corrected chi connectivity index (χ0v) is 27.0. The standard InChI is InChI=1S/C35H45N5O5/c1-30(20-38-28(43)19-37-29(44)22-17-39-40-18-22)8-9-31(2)10-11-34(5)33(4)7-6-23-12-24(41)21(16-36)14-32(23,3)25(33)13-27(42)35(34,45)26(31)15-30/h13-14,17-18,23,26,45H,6-12,15,19-20H2,1-5H3,(H,37,44)(H,38,43)(H,39,40)/t23-,26+,30-,31+,32-,33+,34-,35+/m0/s1. The van der Waals surface area contributed by atoms with Crippen LogP contribution in [0.1, 0.15) is 96.3 Å². The molecule has 0 spiro atoms. The van der Waals surface area contributed by atoms with Crippen LogP contribution in [-0.2, 0) is 14.4 Å². The van der Waals surface area contributed by atoms with Gasteiger partial charge in [0.1, 0.15) is 11.7 Å². The summed E-state index contributed by atoms with van der Waals surface area (Å²) >= 11 is 0. The molecular weight excluding hydrogens is 570 g/mol. The molecule has 2 amide bonds. The van der Waals surface area contributed by atoms with Gasteiger partial charge in [0.2, 0.25) is 5.91 Å². The second kappa shape index (κ2) is 10.2. The first-order valence-electron chi connectivity index (χ1n) is 16.2. The van der Waals surface area contributed by atoms with Crippen molar-refractivity contribution >= 4 is 23.4 Å². The molecular formula is C35H45N5O5. The van der Waals surface area contributed by atoms with Crippen LogP contribution in [0.15, 0.2) is 35.7 Å². The van der Waals surface area contributed by atoms with E-state index in [9.17, 15) is 29.5 Å². The van der Waals surface area contributed by atoms with E-state index in [0.29, 0.717) is 31.4 Å². The Morgan fingerprint density at radius 2 is 1.82 bits per heavy atom. The molecule has 1 heterocycles. The molecule has 3 fully saturated rings. The third-order valence-corrected chi connectivity index (χ3v) is 13.4. The smallest absolute Gasteiger partial charge is 0.254 e. The predicted molar refractivity (Wildman–Crippen MR) is 165 cm³/mol. The molecule has 45 heavy (non-hydrogen) atoms. The number of hydrogen-bond donors (Lipinski definition) is 4. The number of carbonyl (C=O) groups excluding carboxylic acids is 4. The Balaban J connectivity index is 1.28. The molecule has 6 rings (SSSR count). The molecule has 0 bridgehead atoms. The van der Waals surface area contributed by atoms with Crippen LogP contribution in [0.25, 0.3) is 0 Å². The fourth-order valence-corrected chi connectivity index (χ4v) is 10.1. The highest BCUT2D eigenvalue weighted by atomic mass is 16.3. The zero-order valence-electron chi connectivity index (χ0n) is 27.0. The van der Waals surface area contributed by atoms with E-state index in [4.69, 9.17) is 0 Å². The quantitative estimate of drug-likeness (QED) is 0.389. The molecule has 10 nitrogen and oxygen atoms in total. The van der Waals surface area contributed by atoms with Crippen LogP contribution in [0.4, 0.5) is 0 Å². The van der Waals surface area contributed by atoms with Crippen molar-refractivity contribution < 1.29 is 24.3 Å². The molecule has 0 aromatic carbocycles. The minimum atomic E-state index is -1.60. The predicted octanol–water partition coefficient (Wildman–Crippen LogP) is 3.95. The van der Waals surface area contributed by atoms with Gasteiger partial charge in [0.05, 0.1) is 23.9 Å². The highest BCUT2D eigenvalue weighted by molar-refractivity contribution is 6.02. The van der Waals surface area contributed by atoms with E-state index in [-0.39, 0.29) is 58.2 Å². The highest BCUT2D eigenvalue weighted by Gasteiger charge is 2.74. The monoisotopic (exact) mass is 615 g/mol. The third-order valence-electron chi connectivity index (χ3n) is 13.4. The number of nitriles is 1. The molecule has 1 aromatic rings. The first kappa shape index (κ1) is 31.4. The van der Waals surface area contributed by atoms with E-state index in [0.717, 1.165) is 37.7 Å². The van der Waals surface area contributed by atoms with Crippen LogP contribution in [-0.4, -0.2) is 57.4 Å². The number of amides is 2. The molecule has 0 radical (unpaired) electrons. The molecule has 0 aliphatic heterocycles. The maximum Gasteiger partial charge on any atom is 0.254 e. The molecule has 8 atom stereocenters. The normalized spacial score (nSPS) is 42.1. The van der Waals surface area contributed by atoms with E-state index < -0.39 is 21.8 Å². The Kier molecular flexibility index (Phi) is 7.13. The molecule has 0 saturated heterocycles. The number of aromatic nitrogens is 2. The van der Waals surface area contributed by atoms with Crippen LogP contribution in [0.3, 0.4) is 0 Å². The number of hydrogen-bond acceptors (Lipinski definition) is 7. The number of nitrogens with zero attached hydrogens (tertiary/aromatic N) is 2. The lowest BCUT2D eigenvalue weighted by atomic mass is 9.34. The van der Waals surface area contributed by atoms with Gasteiger partial charge in [-0.15, -0.1) is 0 Å². The molecule has 0 unspecified atom stereocenters. The van der Waals surface area contributed by atoms with Gasteiger partial charge in [-0.25, -0.2) is 0 Å². The van der Waals surface area contributed by atoms with Gasteiger partial charge in [0.25, 0.3) is 5.91 Å². The van der Waals surface area contributed by atoms with Gasteiger partial charge < -0.3 is 15.7 Å². The van der Waals surface area contributed by atoms with Crippen LogP contribution in [0, 0.1) is 50.2 Å². The molecule has 1 aromatic heterocycles. The molecule has 5 aliphatic rings. The van der Waals surface area contributed by atoms with Gasteiger partial charge in [0, 0.05) is 35.9 Å². The third kappa shape index (κ3) is 4.40. The maximum absolute atomic E-state index is 14.5. The SMILES string of the molecule is C[C@]1(CNC(=O)CNC(=O)c2cn[nH]c2)CC[C@]2(C)CC[C@@]3(C)[C@]4(C)CC[C@H]5CC(=O)C(C#N)=C[C@]5(C)C4=CC(=O)[C@]3(O)[C@@H]2C1. The summed E-state index contributed by atoms with van der Waals surface area (Å²) in [7, 11) is 0. The van der Waals surface area contributed by atoms with Crippen LogP contribution >= 0.6 is 0 Å². The van der Waals surface area contributed by atoms with Crippen LogP contribution in [0.2, 0.25) is 0 Å². The number of ketones is 2. The maximum atomic E-state index is 14.5. The topological polar surface area (TPSA) is 165 Å². The number of nitrogens with one attached hydrogen (secondary N) is 3. The van der Waals surface area contributed by atoms with E-state index in [2.05, 4.69) is 61.5 Å². The number of Topliss-reactive ketones (excluding diaryl/α,β-unsaturated/α-hetero) is 1. The summed E-state index contributed by atoms with van der Waals surface area (Å²) in [5.41, 5.74) is -2.59. The van der Waals surface area contributed by atoms with Crippen molar-refractivity contribution in [3.05, 3.63) is 41.3 Å². The van der Waals surface area contributed by atoms with Crippen LogP contribution in [0.5, 0.6) is 0 Å². The molecule has 10 heteroatoms. The second-order valence-corrected chi connectivity index (χ2v) is 15.8. The van der Waals surface area contributed by atoms with Gasteiger partial charge in [-0.1, -0.05) is 40.7 Å². The van der Waals surface area contributed by atoms with E-state index >= 15 is 0 Å². The number of rotatable bonds is 5. The van der Waals surface area contributed by atoms with E-state index in [1.165, 1.54) is 12.4 Å². The molecule has 3 saturated carbocycles.